The normalized spacial score (nSPS) is 18.4. The minimum absolute atomic E-state index is 0.0172. The number of nitrogens with one attached hydrogen (secondary N) is 5. The fourth-order valence-electron chi connectivity index (χ4n) is 9.95. The summed E-state index contributed by atoms with van der Waals surface area (Å²) < 4.78 is 16.6. The molecule has 1 saturated carbocycles. The van der Waals surface area contributed by atoms with E-state index in [-0.39, 0.29) is 65.7 Å². The number of hydrogen-bond donors (Lipinski definition) is 8. The largest absolute Gasteiger partial charge is 0.481 e. The third-order valence-corrected chi connectivity index (χ3v) is 20.4. The van der Waals surface area contributed by atoms with Gasteiger partial charge >= 0.3 is 18.0 Å². The van der Waals surface area contributed by atoms with Crippen LogP contribution in [0.25, 0.3) is 43.4 Å². The van der Waals surface area contributed by atoms with Gasteiger partial charge in [-0.15, -0.1) is 68.0 Å². The molecule has 8 aromatic rings. The molecule has 0 saturated heterocycles. The monoisotopic (exact) mass is 1370 g/mol. The summed E-state index contributed by atoms with van der Waals surface area (Å²) in [5.41, 5.74) is 2.24. The third kappa shape index (κ3) is 15.7. The van der Waals surface area contributed by atoms with Gasteiger partial charge in [0.1, 0.15) is 94.9 Å². The van der Waals surface area contributed by atoms with Gasteiger partial charge in [-0.25, -0.2) is 44.5 Å². The molecule has 6 amide bonds. The zero-order valence-electron chi connectivity index (χ0n) is 49.8. The lowest BCUT2D eigenvalue weighted by Crippen LogP contribution is -2.40. The summed E-state index contributed by atoms with van der Waals surface area (Å²) in [5, 5.41) is 53.5. The molecule has 27 nitrogen and oxygen atoms in total. The van der Waals surface area contributed by atoms with E-state index < -0.39 is 97.0 Å². The first kappa shape index (κ1) is 66.5. The van der Waals surface area contributed by atoms with Gasteiger partial charge in [0.05, 0.1) is 61.3 Å². The van der Waals surface area contributed by atoms with Crippen molar-refractivity contribution in [3.8, 4) is 43.4 Å². The number of carbonyl (C=O) groups excluding carboxylic acids is 6. The molecule has 482 valence electrons. The van der Waals surface area contributed by atoms with Crippen molar-refractivity contribution in [1.29, 1.82) is 0 Å². The maximum atomic E-state index is 14.4. The molecule has 0 unspecified atom stereocenters. The van der Waals surface area contributed by atoms with E-state index in [1.54, 1.807) is 70.9 Å². The smallest absolute Gasteiger partial charge is 0.415 e. The number of carboxylic acid groups (broad SMARTS) is 2. The van der Waals surface area contributed by atoms with E-state index in [9.17, 15) is 53.7 Å². The van der Waals surface area contributed by atoms with Crippen molar-refractivity contribution >= 4 is 121 Å². The van der Waals surface area contributed by atoms with Crippen LogP contribution in [0.3, 0.4) is 0 Å². The number of nitrogens with zero attached hydrogens (tertiary/aromatic N) is 8. The lowest BCUT2D eigenvalue weighted by Gasteiger charge is -2.28. The summed E-state index contributed by atoms with van der Waals surface area (Å²) in [6, 6.07) is 9.19. The van der Waals surface area contributed by atoms with Gasteiger partial charge < -0.3 is 56.1 Å². The summed E-state index contributed by atoms with van der Waals surface area (Å²) in [6.45, 7) is 3.91. The van der Waals surface area contributed by atoms with Gasteiger partial charge in [-0.05, 0) is 56.2 Å². The molecule has 10 rings (SSSR count). The number of carboxylic acids is 2. The van der Waals surface area contributed by atoms with Crippen LogP contribution in [0.1, 0.15) is 132 Å². The summed E-state index contributed by atoms with van der Waals surface area (Å²) in [7, 11) is 2.91. The summed E-state index contributed by atoms with van der Waals surface area (Å²) in [5.74, 6) is -5.82. The van der Waals surface area contributed by atoms with E-state index in [1.807, 2.05) is 13.8 Å². The number of aliphatic carboxylic acids is 2. The number of carbonyl (C=O) groups is 8. The number of ether oxygens (including phenoxy) is 3. The molecule has 1 aromatic carbocycles. The second kappa shape index (κ2) is 29.9. The van der Waals surface area contributed by atoms with Crippen LogP contribution in [0.2, 0.25) is 0 Å². The molecule has 0 radical (unpaired) electrons. The Kier molecular flexibility index (Phi) is 21.6. The molecule has 4 atom stereocenters. The summed E-state index contributed by atoms with van der Waals surface area (Å²) >= 11 is 6.93. The predicted octanol–water partition coefficient (Wildman–Crippen LogP) is 8.00. The highest BCUT2D eigenvalue weighted by atomic mass is 32.1. The van der Waals surface area contributed by atoms with Gasteiger partial charge in [-0.2, -0.15) is 0 Å². The molecular formula is C59H61N13O14S6. The number of anilines is 1. The molecule has 1 aliphatic heterocycles. The molecule has 7 aromatic heterocycles. The Balaban J connectivity index is 1.03. The molecule has 0 spiro atoms. The van der Waals surface area contributed by atoms with Gasteiger partial charge in [0, 0.05) is 46.1 Å². The number of aliphatic hydroxyl groups excluding tert-OH is 1. The van der Waals surface area contributed by atoms with Crippen LogP contribution in [0.5, 0.6) is 0 Å². The Bertz CT molecular complexity index is 4020. The number of methoxy groups -OCH3 is 1. The lowest BCUT2D eigenvalue weighted by molar-refractivity contribution is -0.143. The van der Waals surface area contributed by atoms with Crippen LogP contribution in [-0.2, 0) is 40.0 Å². The zero-order valence-corrected chi connectivity index (χ0v) is 54.7. The Morgan fingerprint density at radius 2 is 1.41 bits per heavy atom. The SMILES string of the molecule is CNC(=O)C[C@@H]1NC(=O)c2csc(n2)-c2ccc(-c3nc(N(CCOCC(=O)O)C(=O)OC4CCC(C(=O)O)CC4)cs3)nc2-c2csc(n2)-c2csc(n2)[C@H]([C@@H](O)c2ccccc2)NC(=O)CNC(=O)c2nc(sc2COC)[C@H](C(C)C)NC(=O)c2nc1sc2C. The van der Waals surface area contributed by atoms with Crippen molar-refractivity contribution in [2.24, 2.45) is 11.8 Å². The fraction of sp³-hybridized carbons (Fsp3) is 0.373. The van der Waals surface area contributed by atoms with Gasteiger partial charge in [-0.3, -0.25) is 33.7 Å². The Hall–Kier alpha value is -8.41. The van der Waals surface area contributed by atoms with Gasteiger partial charge in [0.25, 0.3) is 17.7 Å². The third-order valence-electron chi connectivity index (χ3n) is 14.7. The van der Waals surface area contributed by atoms with Crippen molar-refractivity contribution in [3.05, 3.63) is 111 Å². The number of amides is 6. The second-order valence-corrected chi connectivity index (χ2v) is 27.3. The number of aliphatic hydroxyl groups is 1. The first-order chi connectivity index (χ1) is 44.2. The first-order valence-electron chi connectivity index (χ1n) is 28.7. The van der Waals surface area contributed by atoms with Gasteiger partial charge in [-0.1, -0.05) is 44.2 Å². The Morgan fingerprint density at radius 1 is 0.707 bits per heavy atom. The topological polar surface area (TPSA) is 379 Å². The number of hydrogen-bond acceptors (Lipinski definition) is 25. The van der Waals surface area contributed by atoms with E-state index in [0.717, 1.165) is 56.7 Å². The van der Waals surface area contributed by atoms with Crippen molar-refractivity contribution in [3.63, 3.8) is 0 Å². The quantitative estimate of drug-likeness (QED) is 0.0425. The molecule has 8 N–H and O–H groups in total. The van der Waals surface area contributed by atoms with Crippen LogP contribution in [-0.4, -0.2) is 144 Å². The lowest BCUT2D eigenvalue weighted by atomic mass is 9.87. The van der Waals surface area contributed by atoms with Gasteiger partial charge in [0.2, 0.25) is 11.8 Å². The standard InChI is InChI=1S/C59H61N13O14S6/c1-27(2)43-57-71-46(38(92-57)21-84-5)50(79)61-20-41(74)68-47(48(77)29-9-7-6-8-10-29)56-66-37(25-89-56)54-64-35(23-88-54)45-32(52-65-36(24-87-52)49(78)63-34(19-40(73)60-4)55-70-44(28(3)91-55)51(80)69-43)15-16-33(62-45)53-67-39(26-90-53)72(17-18-85-22-42(75)76)59(83)86-31-13-11-30(12-14-31)58(81)82/h6-10,15-16,23-27,30-31,34,43,47-48,77H,11-14,17-22H2,1-5H3,(H,60,73)(H,61,79)(H,63,78)(H,68,74)(H,69,80)(H,75,76)(H,81,82)/t30?,31?,34-,43-,47-,48-/m0/s1. The minimum Gasteiger partial charge on any atom is -0.481 e. The maximum Gasteiger partial charge on any atom is 0.415 e. The van der Waals surface area contributed by atoms with Crippen LogP contribution in [0.15, 0.2) is 64.0 Å². The van der Waals surface area contributed by atoms with Crippen molar-refractivity contribution < 1.29 is 67.9 Å². The van der Waals surface area contributed by atoms with Crippen molar-refractivity contribution in [1.82, 2.24) is 61.5 Å². The Labute approximate surface area is 549 Å². The van der Waals surface area contributed by atoms with Crippen LogP contribution >= 0.6 is 68.0 Å². The van der Waals surface area contributed by atoms with Crippen molar-refractivity contribution in [2.45, 2.75) is 89.8 Å². The average Bonchev–Trinajstić information content (AvgIpc) is 1.62. The maximum absolute atomic E-state index is 14.4. The summed E-state index contributed by atoms with van der Waals surface area (Å²) in [6.07, 6.45) is -1.62. The van der Waals surface area contributed by atoms with E-state index in [4.69, 9.17) is 49.1 Å². The van der Waals surface area contributed by atoms with E-state index in [2.05, 4.69) is 26.6 Å². The number of fused-ring (bicyclic) bond motifs is 14. The number of pyridine rings is 1. The van der Waals surface area contributed by atoms with Crippen molar-refractivity contribution in [2.75, 3.05) is 45.4 Å². The minimum atomic E-state index is -1.31. The molecule has 2 aliphatic rings. The molecule has 8 heterocycles. The highest BCUT2D eigenvalue weighted by Crippen LogP contribution is 2.41. The molecule has 10 bridgehead atoms. The number of thiazole rings is 6. The number of benzene rings is 1. The van der Waals surface area contributed by atoms with Crippen LogP contribution in [0, 0.1) is 18.8 Å². The van der Waals surface area contributed by atoms with E-state index in [0.29, 0.717) is 88.7 Å². The second-order valence-electron chi connectivity index (χ2n) is 21.4. The number of aromatic nitrogens is 7. The Morgan fingerprint density at radius 3 is 2.14 bits per heavy atom. The number of aryl methyl sites for hydroxylation is 1. The highest BCUT2D eigenvalue weighted by Gasteiger charge is 2.35. The molecular weight excluding hydrogens is 1310 g/mol. The molecule has 92 heavy (non-hydrogen) atoms. The predicted molar refractivity (Wildman–Crippen MR) is 343 cm³/mol. The molecule has 33 heteroatoms. The number of rotatable bonds is 16. The van der Waals surface area contributed by atoms with E-state index >= 15 is 0 Å². The highest BCUT2D eigenvalue weighted by molar-refractivity contribution is 7.15. The average molecular weight is 1370 g/mol. The molecule has 1 aliphatic carbocycles. The van der Waals surface area contributed by atoms with Crippen LogP contribution in [0.4, 0.5) is 10.6 Å². The van der Waals surface area contributed by atoms with Crippen LogP contribution < -0.4 is 31.5 Å². The fourth-order valence-corrected chi connectivity index (χ4v) is 15.5. The van der Waals surface area contributed by atoms with Gasteiger partial charge in [0.15, 0.2) is 0 Å². The summed E-state index contributed by atoms with van der Waals surface area (Å²) in [4.78, 5) is 143. The molecule has 1 fully saturated rings. The zero-order chi connectivity index (χ0) is 65.3. The van der Waals surface area contributed by atoms with E-state index in [1.165, 1.54) is 30.4 Å². The first-order valence-corrected chi connectivity index (χ1v) is 33.8.